The van der Waals surface area contributed by atoms with E-state index >= 15 is 0 Å². The van der Waals surface area contributed by atoms with Crippen LogP contribution in [0.3, 0.4) is 0 Å². The summed E-state index contributed by atoms with van der Waals surface area (Å²) < 4.78 is 29.1. The lowest BCUT2D eigenvalue weighted by Gasteiger charge is -2.37. The fraction of sp³-hybridized carbons (Fsp3) is 1.00. The molecule has 0 aromatic rings. The van der Waals surface area contributed by atoms with E-state index in [-0.39, 0.29) is 12.1 Å². The van der Waals surface area contributed by atoms with Crippen LogP contribution in [0.1, 0.15) is 46.0 Å². The zero-order valence-electron chi connectivity index (χ0n) is 11.9. The van der Waals surface area contributed by atoms with E-state index in [9.17, 15) is 8.42 Å². The molecule has 0 radical (unpaired) electrons. The normalized spacial score (nSPS) is 26.3. The van der Waals surface area contributed by atoms with Crippen LogP contribution in [0.15, 0.2) is 0 Å². The molecule has 1 saturated heterocycles. The molecule has 4 nitrogen and oxygen atoms in total. The topological polar surface area (TPSA) is 40.6 Å². The molecule has 1 unspecified atom stereocenters. The molecule has 6 heteroatoms. The Hall–Kier alpha value is 0.160. The fourth-order valence-corrected chi connectivity index (χ4v) is 5.38. The van der Waals surface area contributed by atoms with Crippen LogP contribution in [0.4, 0.5) is 0 Å². The molecule has 2 rings (SSSR count). The highest BCUT2D eigenvalue weighted by molar-refractivity contribution is 7.86. The highest BCUT2D eigenvalue weighted by Crippen LogP contribution is 2.33. The predicted molar refractivity (Wildman–Crippen MR) is 78.6 cm³/mol. The SMILES string of the molecule is CC(C)CN(C1CC1)S(=O)(=O)N1CCCCC1CCl. The van der Waals surface area contributed by atoms with E-state index in [0.717, 1.165) is 32.1 Å². The molecular weight excluding hydrogens is 284 g/mol. The molecule has 1 heterocycles. The molecule has 0 N–H and O–H groups in total. The van der Waals surface area contributed by atoms with Gasteiger partial charge in [0.15, 0.2) is 0 Å². The van der Waals surface area contributed by atoms with Gasteiger partial charge in [-0.05, 0) is 31.6 Å². The zero-order chi connectivity index (χ0) is 14.0. The lowest BCUT2D eigenvalue weighted by atomic mass is 10.1. The molecule has 0 spiro atoms. The number of alkyl halides is 1. The van der Waals surface area contributed by atoms with Gasteiger partial charge >= 0.3 is 0 Å². The standard InChI is InChI=1S/C13H25ClN2O2S/c1-11(2)10-16(12-6-7-12)19(17,18)15-8-4-3-5-13(15)9-14/h11-13H,3-10H2,1-2H3. The summed E-state index contributed by atoms with van der Waals surface area (Å²) in [5.41, 5.74) is 0. The third kappa shape index (κ3) is 3.63. The maximum Gasteiger partial charge on any atom is 0.282 e. The van der Waals surface area contributed by atoms with Crippen molar-refractivity contribution in [2.24, 2.45) is 5.92 Å². The van der Waals surface area contributed by atoms with Gasteiger partial charge in [0.05, 0.1) is 0 Å². The first-order valence-corrected chi connectivity index (χ1v) is 9.24. The van der Waals surface area contributed by atoms with E-state index in [4.69, 9.17) is 11.6 Å². The molecule has 1 saturated carbocycles. The summed E-state index contributed by atoms with van der Waals surface area (Å²) in [6, 6.07) is 0.208. The minimum Gasteiger partial charge on any atom is -0.195 e. The van der Waals surface area contributed by atoms with Gasteiger partial charge in [-0.1, -0.05) is 20.3 Å². The number of halogens is 1. The van der Waals surface area contributed by atoms with Crippen molar-refractivity contribution in [3.8, 4) is 0 Å². The zero-order valence-corrected chi connectivity index (χ0v) is 13.5. The molecule has 112 valence electrons. The Morgan fingerprint density at radius 2 is 1.95 bits per heavy atom. The molecule has 0 bridgehead atoms. The Bertz CT molecular complexity index is 387. The third-order valence-electron chi connectivity index (χ3n) is 3.84. The van der Waals surface area contributed by atoms with Crippen molar-refractivity contribution in [1.82, 2.24) is 8.61 Å². The lowest BCUT2D eigenvalue weighted by Crippen LogP contribution is -2.52. The minimum absolute atomic E-state index is 0.0196. The number of nitrogens with zero attached hydrogens (tertiary/aromatic N) is 2. The van der Waals surface area contributed by atoms with Crippen LogP contribution in [0.5, 0.6) is 0 Å². The van der Waals surface area contributed by atoms with Crippen LogP contribution >= 0.6 is 11.6 Å². The van der Waals surface area contributed by atoms with Crippen LogP contribution in [-0.2, 0) is 10.2 Å². The van der Waals surface area contributed by atoms with Crippen LogP contribution < -0.4 is 0 Å². The van der Waals surface area contributed by atoms with Crippen molar-refractivity contribution in [2.75, 3.05) is 19.0 Å². The number of piperidine rings is 1. The molecule has 2 aliphatic rings. The van der Waals surface area contributed by atoms with Gasteiger partial charge in [-0.15, -0.1) is 11.6 Å². The molecule has 2 fully saturated rings. The first-order chi connectivity index (χ1) is 8.96. The van der Waals surface area contributed by atoms with Gasteiger partial charge in [0.25, 0.3) is 10.2 Å². The summed E-state index contributed by atoms with van der Waals surface area (Å²) in [5.74, 6) is 0.758. The minimum atomic E-state index is -3.34. The summed E-state index contributed by atoms with van der Waals surface area (Å²) in [4.78, 5) is 0. The summed E-state index contributed by atoms with van der Waals surface area (Å²) >= 11 is 5.96. The number of rotatable bonds is 6. The molecule has 0 aromatic carbocycles. The van der Waals surface area contributed by atoms with Gasteiger partial charge in [-0.25, -0.2) is 0 Å². The highest BCUT2D eigenvalue weighted by Gasteiger charge is 2.43. The molecule has 1 aliphatic heterocycles. The van der Waals surface area contributed by atoms with Crippen molar-refractivity contribution in [1.29, 1.82) is 0 Å². The summed E-state index contributed by atoms with van der Waals surface area (Å²) in [5, 5.41) is 0. The first kappa shape index (κ1) is 15.5. The maximum atomic E-state index is 12.9. The van der Waals surface area contributed by atoms with Crippen LogP contribution in [-0.4, -0.2) is 48.1 Å². The van der Waals surface area contributed by atoms with Crippen molar-refractivity contribution < 1.29 is 8.42 Å². The van der Waals surface area contributed by atoms with Gasteiger partial charge in [0.1, 0.15) is 0 Å². The van der Waals surface area contributed by atoms with E-state index in [1.54, 1.807) is 8.61 Å². The monoisotopic (exact) mass is 308 g/mol. The summed E-state index contributed by atoms with van der Waals surface area (Å²) in [6.07, 6.45) is 4.93. The van der Waals surface area contributed by atoms with Gasteiger partial charge in [0.2, 0.25) is 0 Å². The molecular formula is C13H25ClN2O2S. The van der Waals surface area contributed by atoms with E-state index in [1.807, 2.05) is 0 Å². The van der Waals surface area contributed by atoms with Crippen molar-refractivity contribution in [3.63, 3.8) is 0 Å². The maximum absolute atomic E-state index is 12.9. The van der Waals surface area contributed by atoms with E-state index < -0.39 is 10.2 Å². The van der Waals surface area contributed by atoms with Crippen molar-refractivity contribution >= 4 is 21.8 Å². The number of hydrogen-bond acceptors (Lipinski definition) is 2. The Morgan fingerprint density at radius 3 is 2.47 bits per heavy atom. The van der Waals surface area contributed by atoms with Crippen molar-refractivity contribution in [2.45, 2.75) is 58.0 Å². The molecule has 0 aromatic heterocycles. The van der Waals surface area contributed by atoms with Crippen LogP contribution in [0, 0.1) is 5.92 Å². The predicted octanol–water partition coefficient (Wildman–Crippen LogP) is 2.44. The second kappa shape index (κ2) is 6.29. The third-order valence-corrected chi connectivity index (χ3v) is 6.31. The van der Waals surface area contributed by atoms with E-state index in [1.165, 1.54) is 0 Å². The Kier molecular flexibility index (Phi) is 5.15. The average molecular weight is 309 g/mol. The van der Waals surface area contributed by atoms with Gasteiger partial charge in [-0.3, -0.25) is 0 Å². The van der Waals surface area contributed by atoms with E-state index in [2.05, 4.69) is 13.8 Å². The van der Waals surface area contributed by atoms with Gasteiger partial charge in [0, 0.05) is 31.1 Å². The average Bonchev–Trinajstić information content (AvgIpc) is 3.19. The Morgan fingerprint density at radius 1 is 1.26 bits per heavy atom. The second-order valence-corrected chi connectivity index (χ2v) is 8.26. The molecule has 1 atom stereocenters. The van der Waals surface area contributed by atoms with Crippen LogP contribution in [0.2, 0.25) is 0 Å². The smallest absolute Gasteiger partial charge is 0.195 e. The van der Waals surface area contributed by atoms with Gasteiger partial charge in [-0.2, -0.15) is 17.0 Å². The van der Waals surface area contributed by atoms with Crippen LogP contribution in [0.25, 0.3) is 0 Å². The second-order valence-electron chi connectivity index (χ2n) is 6.12. The highest BCUT2D eigenvalue weighted by atomic mass is 35.5. The summed E-state index contributed by atoms with van der Waals surface area (Å²) in [6.45, 7) is 5.39. The lowest BCUT2D eigenvalue weighted by molar-refractivity contribution is 0.238. The summed E-state index contributed by atoms with van der Waals surface area (Å²) in [7, 11) is -3.34. The fourth-order valence-electron chi connectivity index (χ4n) is 2.72. The van der Waals surface area contributed by atoms with Crippen molar-refractivity contribution in [3.05, 3.63) is 0 Å². The van der Waals surface area contributed by atoms with Gasteiger partial charge < -0.3 is 0 Å². The first-order valence-electron chi connectivity index (χ1n) is 7.31. The molecule has 1 aliphatic carbocycles. The Labute approximate surface area is 122 Å². The largest absolute Gasteiger partial charge is 0.282 e. The molecule has 19 heavy (non-hydrogen) atoms. The number of hydrogen-bond donors (Lipinski definition) is 0. The Balaban J connectivity index is 2.17. The quantitative estimate of drug-likeness (QED) is 0.707. The van der Waals surface area contributed by atoms with E-state index in [0.29, 0.717) is 24.9 Å². The molecule has 0 amide bonds.